The number of hydrazine groups is 1. The molecule has 4 rings (SSSR count). The quantitative estimate of drug-likeness (QED) is 0.206. The average Bonchev–Trinajstić information content (AvgIpc) is 3.62. The van der Waals surface area contributed by atoms with Gasteiger partial charge in [-0.05, 0) is 30.4 Å². The molecule has 3 atom stereocenters. The first-order valence-corrected chi connectivity index (χ1v) is 12.0. The van der Waals surface area contributed by atoms with Crippen LogP contribution in [0.15, 0.2) is 54.4 Å². The van der Waals surface area contributed by atoms with E-state index in [0.29, 0.717) is 11.1 Å². The summed E-state index contributed by atoms with van der Waals surface area (Å²) in [6.45, 7) is -1.49. The Labute approximate surface area is 215 Å². The van der Waals surface area contributed by atoms with Crippen LogP contribution in [0.3, 0.4) is 0 Å². The Balaban J connectivity index is 1.54. The molecule has 0 spiro atoms. The number of carbonyl (C=O) groups excluding carboxylic acids is 2. The normalized spacial score (nSPS) is 20.8. The second-order valence-corrected chi connectivity index (χ2v) is 9.32. The molecule has 0 unspecified atom stereocenters. The Morgan fingerprint density at radius 3 is 2.45 bits per heavy atom. The fraction of sp³-hybridized carbons (Fsp3) is 0.400. The van der Waals surface area contributed by atoms with Gasteiger partial charge in [0.05, 0.1) is 18.3 Å². The zero-order chi connectivity index (χ0) is 27.6. The van der Waals surface area contributed by atoms with Gasteiger partial charge in [-0.2, -0.15) is 17.6 Å². The van der Waals surface area contributed by atoms with Gasteiger partial charge in [-0.15, -0.1) is 0 Å². The molecular weight excluding hydrogens is 511 g/mol. The van der Waals surface area contributed by atoms with Crippen molar-refractivity contribution < 1.29 is 31.5 Å². The molecule has 38 heavy (non-hydrogen) atoms. The van der Waals surface area contributed by atoms with E-state index in [2.05, 4.69) is 10.3 Å². The molecule has 0 radical (unpaired) electrons. The summed E-state index contributed by atoms with van der Waals surface area (Å²) in [6.07, 6.45) is -4.92. The first-order chi connectivity index (χ1) is 18.0. The Kier molecular flexibility index (Phi) is 7.86. The van der Waals surface area contributed by atoms with Gasteiger partial charge in [0.1, 0.15) is 24.5 Å². The number of alkyl halides is 4. The van der Waals surface area contributed by atoms with Gasteiger partial charge < -0.3 is 16.0 Å². The number of hydrogen-bond acceptors (Lipinski definition) is 6. The fourth-order valence-corrected chi connectivity index (χ4v) is 4.51. The first-order valence-electron chi connectivity index (χ1n) is 12.0. The number of nitrogens with two attached hydrogens (primary N) is 2. The average molecular weight is 539 g/mol. The van der Waals surface area contributed by atoms with E-state index in [9.17, 15) is 31.5 Å². The van der Waals surface area contributed by atoms with Crippen LogP contribution in [-0.2, 0) is 9.59 Å². The lowest BCUT2D eigenvalue weighted by atomic mass is 10.0. The molecule has 1 saturated carbocycles. The molecule has 0 bridgehead atoms. The number of nitrogens with zero attached hydrogens (tertiary/aromatic N) is 3. The van der Waals surface area contributed by atoms with E-state index in [0.717, 1.165) is 17.7 Å². The summed E-state index contributed by atoms with van der Waals surface area (Å²) in [7, 11) is 0. The summed E-state index contributed by atoms with van der Waals surface area (Å²) in [5.41, 5.74) is 4.81. The lowest BCUT2D eigenvalue weighted by Gasteiger charge is -2.29. The monoisotopic (exact) mass is 538 g/mol. The van der Waals surface area contributed by atoms with Crippen molar-refractivity contribution in [1.29, 1.82) is 0 Å². The molecule has 2 heterocycles. The molecule has 5 N–H and O–H groups in total. The van der Waals surface area contributed by atoms with E-state index in [1.54, 1.807) is 42.5 Å². The number of likely N-dealkylation sites (tertiary alicyclic amines) is 1. The first kappa shape index (κ1) is 27.3. The van der Waals surface area contributed by atoms with Crippen LogP contribution in [-0.4, -0.2) is 58.2 Å². The highest BCUT2D eigenvalue weighted by Gasteiger charge is 2.43. The number of amides is 2. The largest absolute Gasteiger partial charge is 0.433 e. The van der Waals surface area contributed by atoms with Gasteiger partial charge in [0, 0.05) is 18.2 Å². The van der Waals surface area contributed by atoms with E-state index in [-0.39, 0.29) is 29.2 Å². The van der Waals surface area contributed by atoms with Gasteiger partial charge in [-0.1, -0.05) is 36.4 Å². The highest BCUT2D eigenvalue weighted by atomic mass is 19.4. The predicted octanol–water partition coefficient (Wildman–Crippen LogP) is 2.78. The number of rotatable bonds is 8. The zero-order valence-electron chi connectivity index (χ0n) is 20.2. The minimum atomic E-state index is -4.92. The molecule has 1 aromatic carbocycles. The number of hydrogen-bond donors (Lipinski definition) is 3. The molecule has 2 aromatic rings. The van der Waals surface area contributed by atoms with Crippen molar-refractivity contribution in [1.82, 2.24) is 20.2 Å². The molecule has 2 amide bonds. The minimum absolute atomic E-state index is 0.101. The summed E-state index contributed by atoms with van der Waals surface area (Å²) in [4.78, 5) is 31.0. The summed E-state index contributed by atoms with van der Waals surface area (Å²) < 4.78 is 68.3. The molecule has 2 aliphatic rings. The molecule has 204 valence electrons. The molecule has 1 aliphatic carbocycles. The minimum Gasteiger partial charge on any atom is -0.403 e. The maximum Gasteiger partial charge on any atom is 0.433 e. The summed E-state index contributed by atoms with van der Waals surface area (Å²) >= 11 is 0. The van der Waals surface area contributed by atoms with Crippen LogP contribution in [0.25, 0.3) is 0 Å². The van der Waals surface area contributed by atoms with Crippen LogP contribution in [0, 0.1) is 5.95 Å². The number of aromatic nitrogens is 1. The molecule has 1 saturated heterocycles. The van der Waals surface area contributed by atoms with Crippen molar-refractivity contribution in [3.05, 3.63) is 77.1 Å². The van der Waals surface area contributed by atoms with E-state index in [4.69, 9.17) is 11.6 Å². The number of halogens is 5. The van der Waals surface area contributed by atoms with E-state index in [1.165, 1.54) is 0 Å². The van der Waals surface area contributed by atoms with Gasteiger partial charge in [-0.3, -0.25) is 14.6 Å². The summed E-state index contributed by atoms with van der Waals surface area (Å²) in [5.74, 6) is 3.12. The number of nitrogens with one attached hydrogen (secondary N) is 1. The third kappa shape index (κ3) is 6.04. The van der Waals surface area contributed by atoms with Crippen molar-refractivity contribution in [2.24, 2.45) is 11.6 Å². The Morgan fingerprint density at radius 1 is 1.18 bits per heavy atom. The molecule has 13 heteroatoms. The second kappa shape index (κ2) is 10.9. The topological polar surface area (TPSA) is 118 Å². The van der Waals surface area contributed by atoms with Crippen LogP contribution >= 0.6 is 0 Å². The highest BCUT2D eigenvalue weighted by molar-refractivity contribution is 5.89. The third-order valence-corrected chi connectivity index (χ3v) is 6.57. The van der Waals surface area contributed by atoms with Crippen molar-refractivity contribution in [2.75, 3.05) is 13.1 Å². The van der Waals surface area contributed by atoms with Crippen molar-refractivity contribution >= 4 is 11.8 Å². The van der Waals surface area contributed by atoms with Crippen LogP contribution < -0.4 is 16.9 Å². The second-order valence-electron chi connectivity index (χ2n) is 9.32. The number of allylic oxidation sites excluding steroid dienone is 1. The smallest absolute Gasteiger partial charge is 0.403 e. The van der Waals surface area contributed by atoms with Gasteiger partial charge in [0.25, 0.3) is 0 Å². The summed E-state index contributed by atoms with van der Waals surface area (Å²) in [6, 6.07) is 9.54. The van der Waals surface area contributed by atoms with E-state index < -0.39 is 61.0 Å². The third-order valence-electron chi connectivity index (χ3n) is 6.57. The maximum atomic E-state index is 14.7. The Bertz CT molecular complexity index is 1200. The molecule has 1 aliphatic heterocycles. The molecule has 2 fully saturated rings. The van der Waals surface area contributed by atoms with Crippen molar-refractivity contribution in [2.45, 2.75) is 49.6 Å². The SMILES string of the molecule is N/C=C(\N(N)CC(=O)N1C[C@H](F)C[C@H]1C(=O)N[C@@H](c1ccccc1)c1ccc(C2CC2)c(F)n1)C(F)(F)F. The maximum absolute atomic E-state index is 14.7. The molecular formula is C25H27F5N6O2. The standard InChI is InChI=1S/C25H27F5N6O2/c26-16-10-19(35(12-16)21(37)13-36(32)20(11-31)25(28,29)30)24(38)34-22(15-4-2-1-3-5-15)18-9-8-17(14-6-7-14)23(27)33-18/h1-5,8-9,11,14,16,19,22H,6-7,10,12-13,31-32H2,(H,34,38)/b20-11-/t16-,19+,22+/m1/s1. The number of pyridine rings is 1. The Hall–Kier alpha value is -3.74. The Morgan fingerprint density at radius 2 is 1.87 bits per heavy atom. The van der Waals surface area contributed by atoms with Gasteiger partial charge in [0.2, 0.25) is 17.8 Å². The van der Waals surface area contributed by atoms with E-state index in [1.807, 2.05) is 0 Å². The van der Waals surface area contributed by atoms with E-state index >= 15 is 0 Å². The van der Waals surface area contributed by atoms with Crippen molar-refractivity contribution in [3.8, 4) is 0 Å². The van der Waals surface area contributed by atoms with Crippen LogP contribution in [0.1, 0.15) is 48.0 Å². The predicted molar refractivity (Wildman–Crippen MR) is 127 cm³/mol. The van der Waals surface area contributed by atoms with Crippen LogP contribution in [0.4, 0.5) is 22.0 Å². The fourth-order valence-electron chi connectivity index (χ4n) is 4.51. The van der Waals surface area contributed by atoms with Gasteiger partial charge in [-0.25, -0.2) is 15.2 Å². The van der Waals surface area contributed by atoms with Gasteiger partial charge in [0.15, 0.2) is 0 Å². The summed E-state index contributed by atoms with van der Waals surface area (Å²) in [5, 5.41) is 2.82. The lowest BCUT2D eigenvalue weighted by Crippen LogP contribution is -2.51. The number of carbonyl (C=O) groups is 2. The van der Waals surface area contributed by atoms with Crippen LogP contribution in [0.2, 0.25) is 0 Å². The van der Waals surface area contributed by atoms with Crippen LogP contribution in [0.5, 0.6) is 0 Å². The molecule has 1 aromatic heterocycles. The highest BCUT2D eigenvalue weighted by Crippen LogP contribution is 2.41. The lowest BCUT2D eigenvalue weighted by molar-refractivity contribution is -0.141. The van der Waals surface area contributed by atoms with Gasteiger partial charge >= 0.3 is 6.18 Å². The van der Waals surface area contributed by atoms with Crippen molar-refractivity contribution in [3.63, 3.8) is 0 Å². The number of benzene rings is 1. The molecule has 8 nitrogen and oxygen atoms in total. The zero-order valence-corrected chi connectivity index (χ0v) is 20.2.